The molecule has 0 aromatic heterocycles. The zero-order valence-electron chi connectivity index (χ0n) is 7.77. The SMILES string of the molecule is CCN(CC)C1=CCCCC1. The number of rotatable bonds is 3. The van der Waals surface area contributed by atoms with Gasteiger partial charge < -0.3 is 4.90 Å². The molecule has 0 aromatic rings. The maximum absolute atomic E-state index is 2.47. The van der Waals surface area contributed by atoms with Gasteiger partial charge in [-0.1, -0.05) is 6.08 Å². The fourth-order valence-corrected chi connectivity index (χ4v) is 1.74. The van der Waals surface area contributed by atoms with Crippen molar-refractivity contribution < 1.29 is 0 Å². The smallest absolute Gasteiger partial charge is 0.0146 e. The van der Waals surface area contributed by atoms with E-state index >= 15 is 0 Å². The Morgan fingerprint density at radius 1 is 1.27 bits per heavy atom. The molecule has 64 valence electrons. The van der Waals surface area contributed by atoms with Gasteiger partial charge >= 0.3 is 0 Å². The molecule has 0 bridgehead atoms. The predicted molar refractivity (Wildman–Crippen MR) is 49.5 cm³/mol. The Hall–Kier alpha value is -0.460. The molecule has 1 aliphatic rings. The summed E-state index contributed by atoms with van der Waals surface area (Å²) in [6.07, 6.45) is 7.80. The summed E-state index contributed by atoms with van der Waals surface area (Å²) in [6.45, 7) is 6.81. The summed E-state index contributed by atoms with van der Waals surface area (Å²) in [6, 6.07) is 0. The van der Waals surface area contributed by atoms with Crippen LogP contribution in [0.25, 0.3) is 0 Å². The lowest BCUT2D eigenvalue weighted by atomic mass is 10.0. The van der Waals surface area contributed by atoms with Crippen LogP contribution in [0.3, 0.4) is 0 Å². The van der Waals surface area contributed by atoms with Crippen LogP contribution in [-0.4, -0.2) is 18.0 Å². The van der Waals surface area contributed by atoms with Crippen molar-refractivity contribution in [1.82, 2.24) is 4.90 Å². The maximum atomic E-state index is 2.47. The first kappa shape index (κ1) is 8.63. The Kier molecular flexibility index (Phi) is 3.47. The second kappa shape index (κ2) is 4.42. The zero-order valence-corrected chi connectivity index (χ0v) is 7.77. The normalized spacial score (nSPS) is 17.8. The summed E-state index contributed by atoms with van der Waals surface area (Å²) in [5, 5.41) is 0. The molecular weight excluding hydrogens is 134 g/mol. The topological polar surface area (TPSA) is 3.24 Å². The van der Waals surface area contributed by atoms with Gasteiger partial charge in [0.05, 0.1) is 0 Å². The summed E-state index contributed by atoms with van der Waals surface area (Å²) in [5.41, 5.74) is 1.58. The summed E-state index contributed by atoms with van der Waals surface area (Å²) < 4.78 is 0. The summed E-state index contributed by atoms with van der Waals surface area (Å²) >= 11 is 0. The Bertz CT molecular complexity index is 134. The third-order valence-electron chi connectivity index (χ3n) is 2.44. The average Bonchev–Trinajstić information content (AvgIpc) is 2.09. The first-order valence-corrected chi connectivity index (χ1v) is 4.82. The van der Waals surface area contributed by atoms with Gasteiger partial charge in [-0.25, -0.2) is 0 Å². The largest absolute Gasteiger partial charge is 0.376 e. The van der Waals surface area contributed by atoms with Crippen molar-refractivity contribution in [3.63, 3.8) is 0 Å². The minimum atomic E-state index is 1.17. The van der Waals surface area contributed by atoms with Crippen molar-refractivity contribution in [2.75, 3.05) is 13.1 Å². The van der Waals surface area contributed by atoms with E-state index in [1.807, 2.05) is 0 Å². The van der Waals surface area contributed by atoms with E-state index in [9.17, 15) is 0 Å². The number of hydrogen-bond donors (Lipinski definition) is 0. The lowest BCUT2D eigenvalue weighted by molar-refractivity contribution is 0.355. The van der Waals surface area contributed by atoms with E-state index in [2.05, 4.69) is 24.8 Å². The van der Waals surface area contributed by atoms with Crippen LogP contribution >= 0.6 is 0 Å². The molecule has 0 aliphatic heterocycles. The van der Waals surface area contributed by atoms with Gasteiger partial charge in [-0.2, -0.15) is 0 Å². The molecule has 0 N–H and O–H groups in total. The fourth-order valence-electron chi connectivity index (χ4n) is 1.74. The molecule has 0 fully saturated rings. The van der Waals surface area contributed by atoms with Crippen LogP contribution in [0.5, 0.6) is 0 Å². The van der Waals surface area contributed by atoms with E-state index in [0.29, 0.717) is 0 Å². The quantitative estimate of drug-likeness (QED) is 0.602. The molecule has 0 radical (unpaired) electrons. The van der Waals surface area contributed by atoms with Crippen molar-refractivity contribution in [3.05, 3.63) is 11.8 Å². The molecule has 0 aromatic carbocycles. The highest BCUT2D eigenvalue weighted by Crippen LogP contribution is 2.20. The molecule has 0 heterocycles. The third-order valence-corrected chi connectivity index (χ3v) is 2.44. The van der Waals surface area contributed by atoms with Crippen LogP contribution in [0.4, 0.5) is 0 Å². The third kappa shape index (κ3) is 2.25. The van der Waals surface area contributed by atoms with Crippen molar-refractivity contribution in [1.29, 1.82) is 0 Å². The highest BCUT2D eigenvalue weighted by atomic mass is 15.1. The molecule has 1 nitrogen and oxygen atoms in total. The number of allylic oxidation sites excluding steroid dienone is 2. The molecule has 0 atom stereocenters. The summed E-state index contributed by atoms with van der Waals surface area (Å²) in [5.74, 6) is 0. The minimum Gasteiger partial charge on any atom is -0.376 e. The van der Waals surface area contributed by atoms with E-state index in [1.54, 1.807) is 5.70 Å². The molecule has 1 rings (SSSR count). The molecule has 0 spiro atoms. The fraction of sp³-hybridized carbons (Fsp3) is 0.800. The molecule has 1 heteroatoms. The molecule has 0 unspecified atom stereocenters. The number of nitrogens with zero attached hydrogens (tertiary/aromatic N) is 1. The highest BCUT2D eigenvalue weighted by Gasteiger charge is 2.07. The summed E-state index contributed by atoms with van der Waals surface area (Å²) in [4.78, 5) is 2.47. The second-order valence-corrected chi connectivity index (χ2v) is 3.11. The predicted octanol–water partition coefficient (Wildman–Crippen LogP) is 2.79. The Morgan fingerprint density at radius 3 is 2.45 bits per heavy atom. The van der Waals surface area contributed by atoms with Crippen molar-refractivity contribution >= 4 is 0 Å². The van der Waals surface area contributed by atoms with Gasteiger partial charge in [0.1, 0.15) is 0 Å². The van der Waals surface area contributed by atoms with E-state index < -0.39 is 0 Å². The molecule has 1 aliphatic carbocycles. The maximum Gasteiger partial charge on any atom is 0.0146 e. The van der Waals surface area contributed by atoms with E-state index in [4.69, 9.17) is 0 Å². The first-order chi connectivity index (χ1) is 5.38. The highest BCUT2D eigenvalue weighted by molar-refractivity contribution is 5.03. The van der Waals surface area contributed by atoms with Crippen LogP contribution in [0.1, 0.15) is 39.5 Å². The van der Waals surface area contributed by atoms with Crippen LogP contribution in [0.2, 0.25) is 0 Å². The molecular formula is C10H19N. The van der Waals surface area contributed by atoms with Gasteiger partial charge in [-0.15, -0.1) is 0 Å². The van der Waals surface area contributed by atoms with Crippen LogP contribution in [-0.2, 0) is 0 Å². The van der Waals surface area contributed by atoms with Gasteiger partial charge in [0.15, 0.2) is 0 Å². The van der Waals surface area contributed by atoms with Gasteiger partial charge in [0, 0.05) is 18.8 Å². The minimum absolute atomic E-state index is 1.17. The number of hydrogen-bond acceptors (Lipinski definition) is 1. The molecule has 0 saturated carbocycles. The van der Waals surface area contributed by atoms with Gasteiger partial charge in [0.2, 0.25) is 0 Å². The molecule has 0 saturated heterocycles. The van der Waals surface area contributed by atoms with Crippen molar-refractivity contribution in [2.24, 2.45) is 0 Å². The second-order valence-electron chi connectivity index (χ2n) is 3.11. The average molecular weight is 153 g/mol. The Labute approximate surface area is 70.1 Å². The van der Waals surface area contributed by atoms with Gasteiger partial charge in [0.25, 0.3) is 0 Å². The summed E-state index contributed by atoms with van der Waals surface area (Å²) in [7, 11) is 0. The van der Waals surface area contributed by atoms with E-state index in [0.717, 1.165) is 0 Å². The van der Waals surface area contributed by atoms with Crippen LogP contribution < -0.4 is 0 Å². The van der Waals surface area contributed by atoms with E-state index in [1.165, 1.54) is 38.8 Å². The lowest BCUT2D eigenvalue weighted by Gasteiger charge is -2.26. The zero-order chi connectivity index (χ0) is 8.10. The Morgan fingerprint density at radius 2 is 2.00 bits per heavy atom. The van der Waals surface area contributed by atoms with Crippen LogP contribution in [0.15, 0.2) is 11.8 Å². The standard InChI is InChI=1S/C10H19N/c1-3-11(4-2)10-8-6-5-7-9-10/h8H,3-7,9H2,1-2H3. The van der Waals surface area contributed by atoms with Crippen molar-refractivity contribution in [3.8, 4) is 0 Å². The van der Waals surface area contributed by atoms with Crippen LogP contribution in [0, 0.1) is 0 Å². The Balaban J connectivity index is 2.48. The molecule has 0 amide bonds. The first-order valence-electron chi connectivity index (χ1n) is 4.82. The van der Waals surface area contributed by atoms with Crippen molar-refractivity contribution in [2.45, 2.75) is 39.5 Å². The van der Waals surface area contributed by atoms with E-state index in [-0.39, 0.29) is 0 Å². The molecule has 11 heavy (non-hydrogen) atoms. The van der Waals surface area contributed by atoms with Gasteiger partial charge in [-0.05, 0) is 39.5 Å². The monoisotopic (exact) mass is 153 g/mol. The van der Waals surface area contributed by atoms with Gasteiger partial charge in [-0.3, -0.25) is 0 Å². The lowest BCUT2D eigenvalue weighted by Crippen LogP contribution is -2.23.